The first-order valence-electron chi connectivity index (χ1n) is 9.83. The highest BCUT2D eigenvalue weighted by Crippen LogP contribution is 2.28. The second kappa shape index (κ2) is 8.23. The van der Waals surface area contributed by atoms with Crippen molar-refractivity contribution >= 4 is 0 Å². The molecule has 0 saturated heterocycles. The molecule has 0 radical (unpaired) electrons. The lowest BCUT2D eigenvalue weighted by Gasteiger charge is -2.26. The summed E-state index contributed by atoms with van der Waals surface area (Å²) < 4.78 is 12.1. The average Bonchev–Trinajstić information content (AvgIpc) is 3.12. The number of aromatic nitrogens is 2. The zero-order valence-corrected chi connectivity index (χ0v) is 15.9. The molecule has 0 unspecified atom stereocenters. The minimum absolute atomic E-state index is 0.134. The first-order valence-corrected chi connectivity index (χ1v) is 9.83. The van der Waals surface area contributed by atoms with Gasteiger partial charge in [-0.3, -0.25) is 9.69 Å². The molecule has 0 amide bonds. The fourth-order valence-corrected chi connectivity index (χ4v) is 4.24. The number of benzene rings is 1. The molecule has 0 N–H and O–H groups in total. The Labute approximate surface area is 159 Å². The molecule has 27 heavy (non-hydrogen) atoms. The summed E-state index contributed by atoms with van der Waals surface area (Å²) in [7, 11) is 1.53. The van der Waals surface area contributed by atoms with Crippen molar-refractivity contribution in [1.29, 1.82) is 0 Å². The maximum atomic E-state index is 12.0. The molecule has 2 aliphatic rings. The van der Waals surface area contributed by atoms with Crippen molar-refractivity contribution in [1.82, 2.24) is 14.7 Å². The highest BCUT2D eigenvalue weighted by Gasteiger charge is 2.24. The van der Waals surface area contributed by atoms with Crippen LogP contribution >= 0.6 is 0 Å². The van der Waals surface area contributed by atoms with Gasteiger partial charge in [0.1, 0.15) is 12.5 Å². The molecule has 1 aromatic carbocycles. The molecule has 6 nitrogen and oxygen atoms in total. The van der Waals surface area contributed by atoms with Crippen LogP contribution in [-0.4, -0.2) is 40.9 Å². The van der Waals surface area contributed by atoms with Crippen molar-refractivity contribution in [2.45, 2.75) is 51.3 Å². The molecule has 1 saturated carbocycles. The molecule has 1 fully saturated rings. The lowest BCUT2D eigenvalue weighted by Crippen LogP contribution is -2.35. The zero-order valence-electron chi connectivity index (χ0n) is 15.9. The van der Waals surface area contributed by atoms with Crippen LogP contribution in [0.5, 0.6) is 11.5 Å². The standard InChI is InChI=1S/C21H27N3O3/c1-26-15-24-21(25)13-20(14-22-24)27-19-7-6-16-8-10-23(11-9-17(16)12-19)18-4-2-3-5-18/h6-7,12-14,18H,2-5,8-11,15H2,1H3. The Morgan fingerprint density at radius 1 is 1.07 bits per heavy atom. The van der Waals surface area contributed by atoms with E-state index in [1.165, 1.54) is 54.7 Å². The van der Waals surface area contributed by atoms with Crippen LogP contribution in [0.2, 0.25) is 0 Å². The van der Waals surface area contributed by atoms with Gasteiger partial charge in [-0.2, -0.15) is 5.10 Å². The van der Waals surface area contributed by atoms with Crippen molar-refractivity contribution < 1.29 is 9.47 Å². The van der Waals surface area contributed by atoms with Crippen molar-refractivity contribution in [2.75, 3.05) is 20.2 Å². The van der Waals surface area contributed by atoms with Gasteiger partial charge in [-0.25, -0.2) is 4.68 Å². The number of methoxy groups -OCH3 is 1. The summed E-state index contributed by atoms with van der Waals surface area (Å²) in [6.07, 6.45) is 9.16. The molecule has 0 bridgehead atoms. The molecule has 0 atom stereocenters. The van der Waals surface area contributed by atoms with E-state index in [9.17, 15) is 4.79 Å². The fourth-order valence-electron chi connectivity index (χ4n) is 4.24. The van der Waals surface area contributed by atoms with Crippen LogP contribution in [0.1, 0.15) is 36.8 Å². The summed E-state index contributed by atoms with van der Waals surface area (Å²) in [5, 5.41) is 4.07. The van der Waals surface area contributed by atoms with Crippen LogP contribution in [0.15, 0.2) is 35.3 Å². The van der Waals surface area contributed by atoms with Gasteiger partial charge < -0.3 is 9.47 Å². The van der Waals surface area contributed by atoms with Crippen molar-refractivity contribution in [3.8, 4) is 11.5 Å². The largest absolute Gasteiger partial charge is 0.455 e. The predicted octanol–water partition coefficient (Wildman–Crippen LogP) is 2.98. The minimum atomic E-state index is -0.240. The van der Waals surface area contributed by atoms with E-state index >= 15 is 0 Å². The van der Waals surface area contributed by atoms with Crippen LogP contribution < -0.4 is 10.3 Å². The topological polar surface area (TPSA) is 56.6 Å². The van der Waals surface area contributed by atoms with E-state index in [2.05, 4.69) is 22.1 Å². The molecule has 2 aromatic rings. The molecule has 4 rings (SSSR count). The van der Waals surface area contributed by atoms with Crippen LogP contribution in [0, 0.1) is 0 Å². The van der Waals surface area contributed by atoms with Crippen molar-refractivity contribution in [3.05, 3.63) is 51.9 Å². The van der Waals surface area contributed by atoms with E-state index < -0.39 is 0 Å². The van der Waals surface area contributed by atoms with Gasteiger partial charge in [0, 0.05) is 32.3 Å². The van der Waals surface area contributed by atoms with Gasteiger partial charge in [0.05, 0.1) is 6.20 Å². The second-order valence-electron chi connectivity index (χ2n) is 7.45. The summed E-state index contributed by atoms with van der Waals surface area (Å²) in [5.74, 6) is 1.21. The van der Waals surface area contributed by atoms with Crippen molar-refractivity contribution in [2.24, 2.45) is 0 Å². The van der Waals surface area contributed by atoms with Gasteiger partial charge in [-0.15, -0.1) is 0 Å². The lowest BCUT2D eigenvalue weighted by atomic mass is 10.0. The average molecular weight is 369 g/mol. The summed E-state index contributed by atoms with van der Waals surface area (Å²) in [6.45, 7) is 2.41. The Hall–Kier alpha value is -2.18. The summed E-state index contributed by atoms with van der Waals surface area (Å²) in [4.78, 5) is 14.7. The Balaban J connectivity index is 1.46. The van der Waals surface area contributed by atoms with E-state index in [1.807, 2.05) is 6.07 Å². The summed E-state index contributed by atoms with van der Waals surface area (Å²) in [5.41, 5.74) is 2.53. The van der Waals surface area contributed by atoms with Gasteiger partial charge in [0.15, 0.2) is 5.75 Å². The fraction of sp³-hybridized carbons (Fsp3) is 0.524. The molecule has 1 aliphatic carbocycles. The number of hydrogen-bond donors (Lipinski definition) is 0. The zero-order chi connectivity index (χ0) is 18.6. The third kappa shape index (κ3) is 4.22. The monoisotopic (exact) mass is 369 g/mol. The summed E-state index contributed by atoms with van der Waals surface area (Å²) >= 11 is 0. The Kier molecular flexibility index (Phi) is 5.55. The van der Waals surface area contributed by atoms with Gasteiger partial charge in [-0.05, 0) is 48.9 Å². The van der Waals surface area contributed by atoms with Crippen molar-refractivity contribution in [3.63, 3.8) is 0 Å². The second-order valence-corrected chi connectivity index (χ2v) is 7.45. The Bertz CT molecular complexity index is 843. The predicted molar refractivity (Wildman–Crippen MR) is 103 cm³/mol. The number of nitrogens with zero attached hydrogens (tertiary/aromatic N) is 3. The van der Waals surface area contributed by atoms with E-state index in [1.54, 1.807) is 6.20 Å². The number of hydrogen-bond acceptors (Lipinski definition) is 5. The van der Waals surface area contributed by atoms with Gasteiger partial charge in [-0.1, -0.05) is 18.9 Å². The molecule has 144 valence electrons. The Morgan fingerprint density at radius 3 is 2.59 bits per heavy atom. The molecule has 1 aliphatic heterocycles. The Morgan fingerprint density at radius 2 is 1.85 bits per heavy atom. The minimum Gasteiger partial charge on any atom is -0.455 e. The third-order valence-electron chi connectivity index (χ3n) is 5.69. The first-order chi connectivity index (χ1) is 13.2. The smallest absolute Gasteiger partial charge is 0.272 e. The number of fused-ring (bicyclic) bond motifs is 1. The molecule has 2 heterocycles. The summed E-state index contributed by atoms with van der Waals surface area (Å²) in [6, 6.07) is 8.50. The van der Waals surface area contributed by atoms with Crippen LogP contribution in [0.4, 0.5) is 0 Å². The highest BCUT2D eigenvalue weighted by atomic mass is 16.5. The molecule has 1 aromatic heterocycles. The van der Waals surface area contributed by atoms with Gasteiger partial charge in [0.2, 0.25) is 0 Å². The van der Waals surface area contributed by atoms with Gasteiger partial charge in [0.25, 0.3) is 5.56 Å². The van der Waals surface area contributed by atoms with Crippen LogP contribution in [0.25, 0.3) is 0 Å². The maximum absolute atomic E-state index is 12.0. The molecule has 6 heteroatoms. The lowest BCUT2D eigenvalue weighted by molar-refractivity contribution is 0.116. The van der Waals surface area contributed by atoms with Crippen LogP contribution in [-0.2, 0) is 24.3 Å². The number of rotatable bonds is 5. The molecule has 0 spiro atoms. The van der Waals surface area contributed by atoms with Crippen LogP contribution in [0.3, 0.4) is 0 Å². The maximum Gasteiger partial charge on any atom is 0.272 e. The van der Waals surface area contributed by atoms with E-state index in [0.29, 0.717) is 5.75 Å². The quantitative estimate of drug-likeness (QED) is 0.811. The third-order valence-corrected chi connectivity index (χ3v) is 5.69. The van der Waals surface area contributed by atoms with E-state index in [4.69, 9.17) is 9.47 Å². The van der Waals surface area contributed by atoms with Gasteiger partial charge >= 0.3 is 0 Å². The highest BCUT2D eigenvalue weighted by molar-refractivity contribution is 5.39. The normalized spacial score (nSPS) is 18.3. The molecular formula is C21H27N3O3. The van der Waals surface area contributed by atoms with E-state index in [-0.39, 0.29) is 12.3 Å². The SMILES string of the molecule is COCn1ncc(Oc2ccc3c(c2)CCN(C2CCCC2)CC3)cc1=O. The first kappa shape index (κ1) is 18.2. The number of ether oxygens (including phenoxy) is 2. The molecular weight excluding hydrogens is 342 g/mol. The van der Waals surface area contributed by atoms with E-state index in [0.717, 1.165) is 37.7 Å².